The summed E-state index contributed by atoms with van der Waals surface area (Å²) in [5, 5.41) is 0. The molecule has 2 heterocycles. The van der Waals surface area contributed by atoms with Gasteiger partial charge >= 0.3 is 0 Å². The Bertz CT molecular complexity index is 1040. The molecule has 4 rings (SSSR count). The van der Waals surface area contributed by atoms with E-state index in [4.69, 9.17) is 4.74 Å². The van der Waals surface area contributed by atoms with Gasteiger partial charge in [0.15, 0.2) is 0 Å². The van der Waals surface area contributed by atoms with Crippen molar-refractivity contribution in [3.8, 4) is 5.75 Å². The summed E-state index contributed by atoms with van der Waals surface area (Å²) in [6.45, 7) is 4.27. The molecule has 31 heavy (non-hydrogen) atoms. The standard InChI is InChI=1S/C26H29FN2O2/c27-24-6-4-5-23(17-24)20-31-25-12-16-29(26(30)18-25)15-11-21-7-9-22(10-8-21)19-28-13-2-1-3-14-28/h4-10,12,16-18H,1-3,11,13-15,19-20H2. The number of benzene rings is 2. The first kappa shape index (κ1) is 21.3. The quantitative estimate of drug-likeness (QED) is 0.525. The molecule has 1 saturated heterocycles. The Morgan fingerprint density at radius 2 is 1.65 bits per heavy atom. The predicted molar refractivity (Wildman–Crippen MR) is 121 cm³/mol. The maximum absolute atomic E-state index is 13.3. The van der Waals surface area contributed by atoms with Gasteiger partial charge in [-0.25, -0.2) is 4.39 Å². The number of nitrogens with zero attached hydrogens (tertiary/aromatic N) is 2. The smallest absolute Gasteiger partial charge is 0.254 e. The second-order valence-corrected chi connectivity index (χ2v) is 8.22. The summed E-state index contributed by atoms with van der Waals surface area (Å²) in [7, 11) is 0. The van der Waals surface area contributed by atoms with E-state index in [2.05, 4.69) is 29.2 Å². The van der Waals surface area contributed by atoms with Gasteiger partial charge in [0.25, 0.3) is 5.56 Å². The zero-order valence-corrected chi connectivity index (χ0v) is 17.8. The van der Waals surface area contributed by atoms with Crippen LogP contribution in [0.25, 0.3) is 0 Å². The third kappa shape index (κ3) is 6.28. The molecule has 1 fully saturated rings. The second kappa shape index (κ2) is 10.4. The Labute approximate surface area is 182 Å². The molecule has 0 saturated carbocycles. The van der Waals surface area contributed by atoms with Crippen LogP contribution in [0.1, 0.15) is 36.0 Å². The van der Waals surface area contributed by atoms with E-state index in [-0.39, 0.29) is 18.0 Å². The summed E-state index contributed by atoms with van der Waals surface area (Å²) in [6, 6.07) is 18.3. The van der Waals surface area contributed by atoms with Gasteiger partial charge in [-0.2, -0.15) is 0 Å². The number of hydrogen-bond acceptors (Lipinski definition) is 3. The minimum absolute atomic E-state index is 0.0986. The van der Waals surface area contributed by atoms with E-state index < -0.39 is 0 Å². The van der Waals surface area contributed by atoms with E-state index >= 15 is 0 Å². The number of pyridine rings is 1. The van der Waals surface area contributed by atoms with Crippen LogP contribution in [0.2, 0.25) is 0 Å². The average molecular weight is 421 g/mol. The van der Waals surface area contributed by atoms with Gasteiger partial charge in [0.1, 0.15) is 18.2 Å². The Morgan fingerprint density at radius 1 is 0.871 bits per heavy atom. The van der Waals surface area contributed by atoms with Crippen LogP contribution in [0.4, 0.5) is 4.39 Å². The maximum atomic E-state index is 13.3. The lowest BCUT2D eigenvalue weighted by atomic mass is 10.1. The van der Waals surface area contributed by atoms with E-state index in [1.807, 2.05) is 0 Å². The molecule has 0 spiro atoms. The topological polar surface area (TPSA) is 34.5 Å². The SMILES string of the molecule is O=c1cc(OCc2cccc(F)c2)ccn1CCc1ccc(CN2CCCCC2)cc1. The van der Waals surface area contributed by atoms with Crippen molar-refractivity contribution in [1.29, 1.82) is 0 Å². The summed E-state index contributed by atoms with van der Waals surface area (Å²) in [4.78, 5) is 14.9. The second-order valence-electron chi connectivity index (χ2n) is 8.22. The molecule has 1 aliphatic rings. The summed E-state index contributed by atoms with van der Waals surface area (Å²) >= 11 is 0. The number of hydrogen-bond donors (Lipinski definition) is 0. The molecule has 0 N–H and O–H groups in total. The summed E-state index contributed by atoms with van der Waals surface area (Å²) < 4.78 is 20.6. The molecule has 162 valence electrons. The van der Waals surface area contributed by atoms with Crippen LogP contribution in [-0.2, 0) is 26.1 Å². The molecule has 0 radical (unpaired) electrons. The van der Waals surface area contributed by atoms with Crippen molar-refractivity contribution in [2.45, 2.75) is 45.4 Å². The normalized spacial score (nSPS) is 14.5. The van der Waals surface area contributed by atoms with E-state index in [0.29, 0.717) is 12.3 Å². The Balaban J connectivity index is 1.28. The number of halogens is 1. The highest BCUT2D eigenvalue weighted by Gasteiger charge is 2.10. The van der Waals surface area contributed by atoms with Crippen molar-refractivity contribution >= 4 is 0 Å². The summed E-state index contributed by atoms with van der Waals surface area (Å²) in [5.74, 6) is 0.198. The molecule has 2 aromatic carbocycles. The minimum Gasteiger partial charge on any atom is -0.489 e. The van der Waals surface area contributed by atoms with Gasteiger partial charge in [0, 0.05) is 25.4 Å². The molecule has 4 nitrogen and oxygen atoms in total. The van der Waals surface area contributed by atoms with Gasteiger partial charge in [-0.1, -0.05) is 42.8 Å². The van der Waals surface area contributed by atoms with Crippen LogP contribution in [-0.4, -0.2) is 22.6 Å². The van der Waals surface area contributed by atoms with Gasteiger partial charge in [-0.15, -0.1) is 0 Å². The molecule has 0 atom stereocenters. The fourth-order valence-electron chi connectivity index (χ4n) is 3.99. The highest BCUT2D eigenvalue weighted by atomic mass is 19.1. The van der Waals surface area contributed by atoms with Crippen LogP contribution in [0.15, 0.2) is 71.7 Å². The molecule has 0 bridgehead atoms. The number of piperidine rings is 1. The zero-order chi connectivity index (χ0) is 21.5. The lowest BCUT2D eigenvalue weighted by Gasteiger charge is -2.26. The van der Waals surface area contributed by atoms with Gasteiger partial charge in [-0.3, -0.25) is 9.69 Å². The number of aromatic nitrogens is 1. The number of likely N-dealkylation sites (tertiary alicyclic amines) is 1. The third-order valence-electron chi connectivity index (χ3n) is 5.78. The van der Waals surface area contributed by atoms with Crippen molar-refractivity contribution in [3.63, 3.8) is 0 Å². The van der Waals surface area contributed by atoms with E-state index in [1.165, 1.54) is 61.7 Å². The molecule has 1 aliphatic heterocycles. The van der Waals surface area contributed by atoms with Crippen molar-refractivity contribution in [3.05, 3.63) is 99.7 Å². The minimum atomic E-state index is -0.295. The largest absolute Gasteiger partial charge is 0.489 e. The summed E-state index contributed by atoms with van der Waals surface area (Å²) in [6.07, 6.45) is 6.53. The van der Waals surface area contributed by atoms with E-state index in [0.717, 1.165) is 18.5 Å². The number of aryl methyl sites for hydroxylation is 2. The molecule has 0 aliphatic carbocycles. The van der Waals surface area contributed by atoms with Gasteiger partial charge < -0.3 is 9.30 Å². The first-order valence-electron chi connectivity index (χ1n) is 11.0. The van der Waals surface area contributed by atoms with Crippen LogP contribution in [0.5, 0.6) is 5.75 Å². The van der Waals surface area contributed by atoms with Crippen molar-refractivity contribution in [2.24, 2.45) is 0 Å². The Hall–Kier alpha value is -2.92. The molecule has 0 unspecified atom stereocenters. The monoisotopic (exact) mass is 420 g/mol. The average Bonchev–Trinajstić information content (AvgIpc) is 2.79. The first-order chi connectivity index (χ1) is 15.2. The molecule has 5 heteroatoms. The highest BCUT2D eigenvalue weighted by molar-refractivity contribution is 5.23. The van der Waals surface area contributed by atoms with E-state index in [1.54, 1.807) is 29.0 Å². The van der Waals surface area contributed by atoms with Crippen LogP contribution < -0.4 is 10.3 Å². The Morgan fingerprint density at radius 3 is 2.39 bits per heavy atom. The van der Waals surface area contributed by atoms with Crippen molar-refractivity contribution < 1.29 is 9.13 Å². The Kier molecular flexibility index (Phi) is 7.15. The number of ether oxygens (including phenoxy) is 1. The fourth-order valence-corrected chi connectivity index (χ4v) is 3.99. The van der Waals surface area contributed by atoms with Crippen molar-refractivity contribution in [2.75, 3.05) is 13.1 Å². The fraction of sp³-hybridized carbons (Fsp3) is 0.346. The maximum Gasteiger partial charge on any atom is 0.254 e. The molecular weight excluding hydrogens is 391 g/mol. The van der Waals surface area contributed by atoms with Crippen LogP contribution in [0, 0.1) is 5.82 Å². The molecule has 1 aromatic heterocycles. The molecule has 3 aromatic rings. The van der Waals surface area contributed by atoms with E-state index in [9.17, 15) is 9.18 Å². The lowest BCUT2D eigenvalue weighted by Crippen LogP contribution is -2.29. The highest BCUT2D eigenvalue weighted by Crippen LogP contribution is 2.15. The summed E-state index contributed by atoms with van der Waals surface area (Å²) in [5.41, 5.74) is 3.20. The van der Waals surface area contributed by atoms with Gasteiger partial charge in [0.05, 0.1) is 0 Å². The molecular formula is C26H29FN2O2. The van der Waals surface area contributed by atoms with Crippen LogP contribution >= 0.6 is 0 Å². The number of rotatable bonds is 8. The first-order valence-corrected chi connectivity index (χ1v) is 11.0. The zero-order valence-electron chi connectivity index (χ0n) is 17.8. The third-order valence-corrected chi connectivity index (χ3v) is 5.78. The van der Waals surface area contributed by atoms with Gasteiger partial charge in [0.2, 0.25) is 0 Å². The molecule has 0 amide bonds. The lowest BCUT2D eigenvalue weighted by molar-refractivity contribution is 0.221. The van der Waals surface area contributed by atoms with Crippen molar-refractivity contribution in [1.82, 2.24) is 9.47 Å². The van der Waals surface area contributed by atoms with Gasteiger partial charge in [-0.05, 0) is 67.2 Å². The van der Waals surface area contributed by atoms with Crippen LogP contribution in [0.3, 0.4) is 0 Å². The predicted octanol–water partition coefficient (Wildman–Crippen LogP) is 4.80.